The number of nitriles is 1. The summed E-state index contributed by atoms with van der Waals surface area (Å²) >= 11 is 0. The molecule has 0 saturated carbocycles. The maximum atomic E-state index is 12.7. The van der Waals surface area contributed by atoms with E-state index in [0.717, 1.165) is 17.0 Å². The molecule has 2 rings (SSSR count). The summed E-state index contributed by atoms with van der Waals surface area (Å²) in [6.07, 6.45) is 0.770. The van der Waals surface area contributed by atoms with Crippen LogP contribution in [-0.4, -0.2) is 54.9 Å². The smallest absolute Gasteiger partial charge is 0.410 e. The van der Waals surface area contributed by atoms with Crippen LogP contribution in [0.4, 0.5) is 4.79 Å². The van der Waals surface area contributed by atoms with Gasteiger partial charge in [0.25, 0.3) is 0 Å². The van der Waals surface area contributed by atoms with Crippen molar-refractivity contribution in [2.45, 2.75) is 58.2 Å². The average Bonchev–Trinajstić information content (AvgIpc) is 2.62. The fourth-order valence-corrected chi connectivity index (χ4v) is 4.33. The minimum absolute atomic E-state index is 0.288. The van der Waals surface area contributed by atoms with E-state index >= 15 is 0 Å². The Balaban J connectivity index is 2.34. The summed E-state index contributed by atoms with van der Waals surface area (Å²) in [6, 6.07) is 6.21. The summed E-state index contributed by atoms with van der Waals surface area (Å²) in [5.41, 5.74) is 2.29. The highest BCUT2D eigenvalue weighted by Gasteiger charge is 2.37. The molecule has 2 atom stereocenters. The van der Waals surface area contributed by atoms with Gasteiger partial charge in [0, 0.05) is 24.7 Å². The van der Waals surface area contributed by atoms with E-state index in [1.807, 2.05) is 25.1 Å². The molecule has 158 valence electrons. The molecular formula is C20H28N4O4S. The molecule has 0 spiro atoms. The average molecular weight is 421 g/mol. The van der Waals surface area contributed by atoms with Crippen molar-refractivity contribution in [2.75, 3.05) is 12.3 Å². The zero-order valence-electron chi connectivity index (χ0n) is 17.1. The number of ether oxygens (including phenoxy) is 1. The Labute approximate surface area is 172 Å². The largest absolute Gasteiger partial charge is 0.447 e. The lowest BCUT2D eigenvalue weighted by Gasteiger charge is -2.41. The zero-order valence-corrected chi connectivity index (χ0v) is 17.9. The van der Waals surface area contributed by atoms with Gasteiger partial charge in [-0.25, -0.2) is 17.9 Å². The van der Waals surface area contributed by atoms with Crippen LogP contribution in [0.15, 0.2) is 24.8 Å². The monoisotopic (exact) mass is 420 g/mol. The van der Waals surface area contributed by atoms with Gasteiger partial charge in [0.2, 0.25) is 10.0 Å². The predicted octanol–water partition coefficient (Wildman–Crippen LogP) is 2.48. The summed E-state index contributed by atoms with van der Waals surface area (Å²) in [5, 5.41) is 8.78. The van der Waals surface area contributed by atoms with E-state index in [1.54, 1.807) is 24.8 Å². The molecule has 1 saturated heterocycles. The third kappa shape index (κ3) is 6.54. The second kappa shape index (κ2) is 9.85. The number of hydrogen-bond acceptors (Lipinski definition) is 6. The Kier molecular flexibility index (Phi) is 7.76. The van der Waals surface area contributed by atoms with Gasteiger partial charge in [0.15, 0.2) is 5.75 Å². The number of nitrogens with one attached hydrogen (secondary N) is 1. The molecule has 0 aliphatic carbocycles. The minimum atomic E-state index is -3.77. The second-order valence-corrected chi connectivity index (χ2v) is 9.23. The van der Waals surface area contributed by atoms with Crippen LogP contribution in [0.5, 0.6) is 0 Å². The Morgan fingerprint density at radius 2 is 2.21 bits per heavy atom. The highest BCUT2D eigenvalue weighted by atomic mass is 32.2. The molecule has 1 N–H and O–H groups in total. The number of nitrogens with zero attached hydrogens (tertiary/aromatic N) is 3. The number of sulfonamides is 1. The number of carbonyl (C=O) groups is 1. The van der Waals surface area contributed by atoms with Gasteiger partial charge in [-0.05, 0) is 51.3 Å². The summed E-state index contributed by atoms with van der Waals surface area (Å²) in [5.74, 6) is -0.629. The fourth-order valence-electron chi connectivity index (χ4n) is 3.35. The molecule has 29 heavy (non-hydrogen) atoms. The Morgan fingerprint density at radius 1 is 1.48 bits per heavy atom. The van der Waals surface area contributed by atoms with Gasteiger partial charge >= 0.3 is 6.09 Å². The van der Waals surface area contributed by atoms with Crippen molar-refractivity contribution in [2.24, 2.45) is 0 Å². The summed E-state index contributed by atoms with van der Waals surface area (Å²) in [4.78, 5) is 18.8. The van der Waals surface area contributed by atoms with Crippen molar-refractivity contribution in [3.63, 3.8) is 0 Å². The number of rotatable bonds is 7. The first-order chi connectivity index (χ1) is 13.6. The first kappa shape index (κ1) is 22.8. The molecular weight excluding hydrogens is 392 g/mol. The molecule has 0 unspecified atom stereocenters. The van der Waals surface area contributed by atoms with Crippen LogP contribution in [0, 0.1) is 11.3 Å². The molecule has 9 heteroatoms. The molecule has 0 aromatic carbocycles. The van der Waals surface area contributed by atoms with Gasteiger partial charge in [-0.15, -0.1) is 0 Å². The quantitative estimate of drug-likeness (QED) is 0.725. The van der Waals surface area contributed by atoms with E-state index in [0.29, 0.717) is 25.8 Å². The van der Waals surface area contributed by atoms with E-state index in [1.165, 1.54) is 0 Å². The van der Waals surface area contributed by atoms with E-state index in [-0.39, 0.29) is 6.10 Å². The molecule has 1 aliphatic rings. The number of aromatic nitrogens is 1. The van der Waals surface area contributed by atoms with E-state index in [4.69, 9.17) is 10.00 Å². The molecule has 0 bridgehead atoms. The van der Waals surface area contributed by atoms with Crippen LogP contribution in [0.1, 0.15) is 45.0 Å². The first-order valence-corrected chi connectivity index (χ1v) is 11.2. The predicted molar refractivity (Wildman–Crippen MR) is 110 cm³/mol. The number of hydrogen-bond donors (Lipinski definition) is 1. The van der Waals surface area contributed by atoms with Gasteiger partial charge < -0.3 is 9.64 Å². The molecule has 1 fully saturated rings. The highest BCUT2D eigenvalue weighted by Crippen LogP contribution is 2.23. The van der Waals surface area contributed by atoms with Gasteiger partial charge in [0.05, 0.1) is 23.9 Å². The minimum Gasteiger partial charge on any atom is -0.447 e. The third-order valence-corrected chi connectivity index (χ3v) is 5.77. The lowest BCUT2D eigenvalue weighted by Crippen LogP contribution is -2.58. The number of piperidine rings is 1. The Morgan fingerprint density at radius 3 is 2.83 bits per heavy atom. The molecule has 1 amide bonds. The first-order valence-electron chi connectivity index (χ1n) is 9.59. The van der Waals surface area contributed by atoms with Gasteiger partial charge in [-0.2, -0.15) is 5.26 Å². The second-order valence-electron chi connectivity index (χ2n) is 7.48. The zero-order chi connectivity index (χ0) is 21.6. The van der Waals surface area contributed by atoms with Crippen LogP contribution in [-0.2, 0) is 21.2 Å². The number of amides is 1. The van der Waals surface area contributed by atoms with Crippen molar-refractivity contribution >= 4 is 21.7 Å². The maximum Gasteiger partial charge on any atom is 0.410 e. The molecule has 1 aromatic heterocycles. The molecule has 0 radical (unpaired) electrons. The number of likely N-dealkylation sites (tertiary alicyclic amines) is 1. The molecule has 1 aliphatic heterocycles. The number of carbonyl (C=O) groups excluding carboxylic acids is 1. The normalized spacial score (nSPS) is 19.6. The van der Waals surface area contributed by atoms with E-state index in [9.17, 15) is 13.2 Å². The lowest BCUT2D eigenvalue weighted by atomic mass is 9.93. The standard InChI is InChI=1S/C20H28N4O4S/c1-14(2)17-8-5-7-16(22-17)13-19-18(23-29(26,27)12-10-21)9-6-11-24(19)20(25)28-15(3)4/h5,7-8,15,18-19,23H,1,6,9,11-13H2,2-4H3/t18-,19-/m1/s1. The summed E-state index contributed by atoms with van der Waals surface area (Å²) < 4.78 is 32.4. The Hall–Kier alpha value is -2.44. The van der Waals surface area contributed by atoms with Crippen LogP contribution < -0.4 is 4.72 Å². The Bertz CT molecular complexity index is 892. The van der Waals surface area contributed by atoms with E-state index in [2.05, 4.69) is 16.3 Å². The van der Waals surface area contributed by atoms with Crippen molar-refractivity contribution in [3.8, 4) is 6.07 Å². The van der Waals surface area contributed by atoms with Crippen molar-refractivity contribution < 1.29 is 17.9 Å². The summed E-state index contributed by atoms with van der Waals surface area (Å²) in [7, 11) is -3.77. The van der Waals surface area contributed by atoms with E-state index < -0.39 is 34.0 Å². The lowest BCUT2D eigenvalue weighted by molar-refractivity contribution is 0.0459. The topological polar surface area (TPSA) is 112 Å². The molecule has 1 aromatic rings. The highest BCUT2D eigenvalue weighted by molar-refractivity contribution is 7.89. The van der Waals surface area contributed by atoms with Crippen LogP contribution in [0.3, 0.4) is 0 Å². The van der Waals surface area contributed by atoms with Crippen molar-refractivity contribution in [3.05, 3.63) is 36.2 Å². The SMILES string of the molecule is C=C(C)c1cccc(C[C@@H]2[C@H](NS(=O)(=O)CC#N)CCCN2C(=O)OC(C)C)n1. The molecule has 2 heterocycles. The van der Waals surface area contributed by atoms with Crippen molar-refractivity contribution in [1.82, 2.24) is 14.6 Å². The van der Waals surface area contributed by atoms with Gasteiger partial charge in [0.1, 0.15) is 0 Å². The van der Waals surface area contributed by atoms with Gasteiger partial charge in [-0.3, -0.25) is 4.98 Å². The number of allylic oxidation sites excluding steroid dienone is 1. The van der Waals surface area contributed by atoms with Crippen LogP contribution in [0.2, 0.25) is 0 Å². The number of pyridine rings is 1. The van der Waals surface area contributed by atoms with Crippen molar-refractivity contribution in [1.29, 1.82) is 5.26 Å². The fraction of sp³-hybridized carbons (Fsp3) is 0.550. The van der Waals surface area contributed by atoms with Crippen LogP contribution >= 0.6 is 0 Å². The van der Waals surface area contributed by atoms with Crippen LogP contribution in [0.25, 0.3) is 5.57 Å². The molecule has 8 nitrogen and oxygen atoms in total. The third-order valence-electron chi connectivity index (χ3n) is 4.60. The maximum absolute atomic E-state index is 12.7. The van der Waals surface area contributed by atoms with Gasteiger partial charge in [-0.1, -0.05) is 12.6 Å². The summed E-state index contributed by atoms with van der Waals surface area (Å²) in [6.45, 7) is 9.76.